The van der Waals surface area contributed by atoms with Gasteiger partial charge >= 0.3 is 6.09 Å². The van der Waals surface area contributed by atoms with E-state index in [1.165, 1.54) is 0 Å². The zero-order chi connectivity index (χ0) is 26.4. The van der Waals surface area contributed by atoms with Gasteiger partial charge in [0.05, 0.1) is 18.8 Å². The minimum Gasteiger partial charge on any atom is -0.493 e. The van der Waals surface area contributed by atoms with E-state index in [4.69, 9.17) is 25.8 Å². The molecule has 0 saturated heterocycles. The van der Waals surface area contributed by atoms with E-state index in [1.54, 1.807) is 4.90 Å². The number of benzene rings is 3. The van der Waals surface area contributed by atoms with E-state index in [0.29, 0.717) is 36.0 Å². The van der Waals surface area contributed by atoms with Gasteiger partial charge in [-0.05, 0) is 68.3 Å². The number of alkyl carbamates (subject to hydrolysis) is 1. The third-order valence-corrected chi connectivity index (χ3v) is 5.86. The zero-order valence-electron chi connectivity index (χ0n) is 21.2. The Morgan fingerprint density at radius 1 is 1.03 bits per heavy atom. The van der Waals surface area contributed by atoms with Crippen molar-refractivity contribution >= 4 is 29.3 Å². The van der Waals surface area contributed by atoms with Crippen LogP contribution in [0.2, 0.25) is 5.02 Å². The molecule has 1 heterocycles. The van der Waals surface area contributed by atoms with Gasteiger partial charge in [-0.15, -0.1) is 0 Å². The van der Waals surface area contributed by atoms with Crippen LogP contribution in [0, 0.1) is 0 Å². The maximum atomic E-state index is 13.4. The van der Waals surface area contributed by atoms with Gasteiger partial charge < -0.3 is 24.4 Å². The number of nitrogens with zero attached hydrogens (tertiary/aromatic N) is 1. The van der Waals surface area contributed by atoms with Crippen molar-refractivity contribution in [2.24, 2.45) is 0 Å². The molecule has 7 nitrogen and oxygen atoms in total. The summed E-state index contributed by atoms with van der Waals surface area (Å²) in [5.74, 6) is 1.19. The van der Waals surface area contributed by atoms with Crippen LogP contribution in [0.3, 0.4) is 0 Å². The largest absolute Gasteiger partial charge is 0.493 e. The highest BCUT2D eigenvalue weighted by Gasteiger charge is 2.34. The summed E-state index contributed by atoms with van der Waals surface area (Å²) in [6.45, 7) is 6.47. The van der Waals surface area contributed by atoms with Crippen molar-refractivity contribution in [2.75, 3.05) is 11.5 Å². The summed E-state index contributed by atoms with van der Waals surface area (Å²) in [7, 11) is 0. The lowest BCUT2D eigenvalue weighted by Gasteiger charge is -2.34. The minimum atomic E-state index is -0.667. The average molecular weight is 523 g/mol. The third kappa shape index (κ3) is 7.40. The SMILES string of the molecule is CC(C)(C)OC(=O)NCc1cccc(OCCC2Oc3ccccc3N(Cc3ccc(Cl)cc3)C2=O)c1. The van der Waals surface area contributed by atoms with Gasteiger partial charge in [0, 0.05) is 18.0 Å². The number of rotatable bonds is 8. The Morgan fingerprint density at radius 2 is 1.78 bits per heavy atom. The Morgan fingerprint density at radius 3 is 2.54 bits per heavy atom. The summed E-state index contributed by atoms with van der Waals surface area (Å²) < 4.78 is 17.2. The molecule has 0 aliphatic carbocycles. The molecule has 3 aromatic carbocycles. The fraction of sp³-hybridized carbons (Fsp3) is 0.310. The molecule has 0 spiro atoms. The number of nitrogens with one attached hydrogen (secondary N) is 1. The second-order valence-corrected chi connectivity index (χ2v) is 10.2. The maximum Gasteiger partial charge on any atom is 0.407 e. The Labute approximate surface area is 222 Å². The lowest BCUT2D eigenvalue weighted by molar-refractivity contribution is -0.127. The van der Waals surface area contributed by atoms with Crippen LogP contribution in [-0.2, 0) is 22.6 Å². The van der Waals surface area contributed by atoms with Gasteiger partial charge in [-0.25, -0.2) is 4.79 Å². The monoisotopic (exact) mass is 522 g/mol. The van der Waals surface area contributed by atoms with Crippen molar-refractivity contribution in [3.63, 3.8) is 0 Å². The molecular weight excluding hydrogens is 492 g/mol. The first kappa shape index (κ1) is 26.4. The van der Waals surface area contributed by atoms with Crippen LogP contribution in [0.4, 0.5) is 10.5 Å². The maximum absolute atomic E-state index is 13.4. The quantitative estimate of drug-likeness (QED) is 0.385. The summed E-state index contributed by atoms with van der Waals surface area (Å²) >= 11 is 6.02. The normalized spacial score (nSPS) is 15.0. The summed E-state index contributed by atoms with van der Waals surface area (Å²) in [5, 5.41) is 3.39. The molecule has 194 valence electrons. The fourth-order valence-corrected chi connectivity index (χ4v) is 4.04. The summed E-state index contributed by atoms with van der Waals surface area (Å²) in [6, 6.07) is 22.4. The molecule has 0 fully saturated rings. The molecule has 1 atom stereocenters. The zero-order valence-corrected chi connectivity index (χ0v) is 22.0. The van der Waals surface area contributed by atoms with Gasteiger partial charge in [0.2, 0.25) is 0 Å². The number of fused-ring (bicyclic) bond motifs is 1. The topological polar surface area (TPSA) is 77.1 Å². The number of carbonyl (C=O) groups excluding carboxylic acids is 2. The molecule has 1 N–H and O–H groups in total. The number of anilines is 1. The average Bonchev–Trinajstić information content (AvgIpc) is 2.85. The van der Waals surface area contributed by atoms with Gasteiger partial charge in [0.25, 0.3) is 5.91 Å². The second kappa shape index (κ2) is 11.6. The van der Waals surface area contributed by atoms with Crippen LogP contribution in [-0.4, -0.2) is 30.3 Å². The van der Waals surface area contributed by atoms with Crippen LogP contribution in [0.15, 0.2) is 72.8 Å². The van der Waals surface area contributed by atoms with Crippen LogP contribution >= 0.6 is 11.6 Å². The molecule has 2 amide bonds. The standard InChI is InChI=1S/C29H31ClN2O5/c1-29(2,3)37-28(34)31-18-21-7-6-8-23(17-21)35-16-15-26-27(33)32(19-20-11-13-22(30)14-12-20)24-9-4-5-10-25(24)36-26/h4-14,17,26H,15-16,18-19H2,1-3H3,(H,31,34). The molecule has 0 aromatic heterocycles. The predicted octanol–water partition coefficient (Wildman–Crippen LogP) is 6.13. The number of para-hydroxylation sites is 2. The summed E-state index contributed by atoms with van der Waals surface area (Å²) in [5.41, 5.74) is 2.03. The molecular formula is C29H31ClN2O5. The predicted molar refractivity (Wildman–Crippen MR) is 143 cm³/mol. The van der Waals surface area contributed by atoms with Crippen molar-refractivity contribution in [3.05, 3.63) is 88.9 Å². The van der Waals surface area contributed by atoms with Crippen molar-refractivity contribution in [2.45, 2.75) is 52.0 Å². The smallest absolute Gasteiger partial charge is 0.407 e. The molecule has 1 aliphatic heterocycles. The highest BCUT2D eigenvalue weighted by atomic mass is 35.5. The Balaban J connectivity index is 1.36. The molecule has 3 aromatic rings. The highest BCUT2D eigenvalue weighted by molar-refractivity contribution is 6.30. The fourth-order valence-electron chi connectivity index (χ4n) is 3.91. The highest BCUT2D eigenvalue weighted by Crippen LogP contribution is 2.35. The molecule has 1 aliphatic rings. The van der Waals surface area contributed by atoms with E-state index >= 15 is 0 Å². The molecule has 0 saturated carbocycles. The number of ether oxygens (including phenoxy) is 3. The molecule has 0 bridgehead atoms. The van der Waals surface area contributed by atoms with Gasteiger partial charge in [-0.3, -0.25) is 4.79 Å². The van der Waals surface area contributed by atoms with Crippen LogP contribution in [0.1, 0.15) is 38.3 Å². The van der Waals surface area contributed by atoms with Gasteiger partial charge in [-0.2, -0.15) is 0 Å². The second-order valence-electron chi connectivity index (χ2n) is 9.77. The molecule has 0 radical (unpaired) electrons. The number of halogens is 1. The van der Waals surface area contributed by atoms with E-state index in [0.717, 1.165) is 16.8 Å². The Kier molecular flexibility index (Phi) is 8.24. The first-order valence-electron chi connectivity index (χ1n) is 12.2. The first-order chi connectivity index (χ1) is 17.7. The number of carbonyl (C=O) groups is 2. The summed E-state index contributed by atoms with van der Waals surface area (Å²) in [6.07, 6.45) is -0.764. The van der Waals surface area contributed by atoms with Crippen molar-refractivity contribution < 1.29 is 23.8 Å². The van der Waals surface area contributed by atoms with Crippen molar-refractivity contribution in [1.29, 1.82) is 0 Å². The number of amides is 2. The first-order valence-corrected chi connectivity index (χ1v) is 12.6. The minimum absolute atomic E-state index is 0.118. The van der Waals surface area contributed by atoms with Crippen LogP contribution in [0.5, 0.6) is 11.5 Å². The van der Waals surface area contributed by atoms with E-state index in [9.17, 15) is 9.59 Å². The van der Waals surface area contributed by atoms with Gasteiger partial charge in [0.1, 0.15) is 17.1 Å². The van der Waals surface area contributed by atoms with E-state index in [-0.39, 0.29) is 12.5 Å². The molecule has 37 heavy (non-hydrogen) atoms. The van der Waals surface area contributed by atoms with E-state index < -0.39 is 17.8 Å². The van der Waals surface area contributed by atoms with Crippen LogP contribution in [0.25, 0.3) is 0 Å². The van der Waals surface area contributed by atoms with Gasteiger partial charge in [-0.1, -0.05) is 48.0 Å². The van der Waals surface area contributed by atoms with E-state index in [2.05, 4.69) is 5.32 Å². The lowest BCUT2D eigenvalue weighted by Crippen LogP contribution is -2.46. The van der Waals surface area contributed by atoms with E-state index in [1.807, 2.05) is 93.6 Å². The Hall–Kier alpha value is -3.71. The summed E-state index contributed by atoms with van der Waals surface area (Å²) in [4.78, 5) is 27.0. The van der Waals surface area contributed by atoms with Gasteiger partial charge in [0.15, 0.2) is 6.10 Å². The van der Waals surface area contributed by atoms with Crippen molar-refractivity contribution in [1.82, 2.24) is 5.32 Å². The molecule has 4 rings (SSSR count). The third-order valence-electron chi connectivity index (χ3n) is 5.60. The molecule has 1 unspecified atom stereocenters. The van der Waals surface area contributed by atoms with Crippen molar-refractivity contribution in [3.8, 4) is 11.5 Å². The molecule has 8 heteroatoms. The lowest BCUT2D eigenvalue weighted by atomic mass is 10.1. The number of hydrogen-bond donors (Lipinski definition) is 1. The Bertz CT molecular complexity index is 1240. The van der Waals surface area contributed by atoms with Crippen LogP contribution < -0.4 is 19.7 Å². The number of hydrogen-bond acceptors (Lipinski definition) is 5.